The standard InChI is InChI=1S/C20H23N3O3/c1-5-13(3)23-19(24)17(11-21)14(4)18(20(23)25)12-22-15-7-9-16(10-8-15)26-6-2/h7-10,12-13,25H,5-6H2,1-4H3. The van der Waals surface area contributed by atoms with Crippen LogP contribution in [0.4, 0.5) is 5.69 Å². The van der Waals surface area contributed by atoms with E-state index in [1.54, 1.807) is 19.1 Å². The zero-order chi connectivity index (χ0) is 19.3. The van der Waals surface area contributed by atoms with Crippen molar-refractivity contribution in [3.63, 3.8) is 0 Å². The highest BCUT2D eigenvalue weighted by Crippen LogP contribution is 2.25. The Kier molecular flexibility index (Phi) is 6.18. The van der Waals surface area contributed by atoms with E-state index in [-0.39, 0.29) is 17.5 Å². The van der Waals surface area contributed by atoms with E-state index in [4.69, 9.17) is 4.74 Å². The Morgan fingerprint density at radius 1 is 1.35 bits per heavy atom. The molecule has 0 spiro atoms. The summed E-state index contributed by atoms with van der Waals surface area (Å²) in [6.45, 7) is 7.88. The Morgan fingerprint density at radius 2 is 2.00 bits per heavy atom. The molecule has 0 fully saturated rings. The predicted octanol–water partition coefficient (Wildman–Crippen LogP) is 3.85. The van der Waals surface area contributed by atoms with Crippen LogP contribution in [0.1, 0.15) is 49.9 Å². The Morgan fingerprint density at radius 3 is 2.54 bits per heavy atom. The number of pyridine rings is 1. The van der Waals surface area contributed by atoms with Crippen LogP contribution in [-0.2, 0) is 0 Å². The molecular formula is C20H23N3O3. The molecule has 1 aromatic heterocycles. The van der Waals surface area contributed by atoms with Crippen molar-refractivity contribution in [2.75, 3.05) is 6.61 Å². The van der Waals surface area contributed by atoms with Crippen molar-refractivity contribution in [2.24, 2.45) is 4.99 Å². The first-order valence-corrected chi connectivity index (χ1v) is 8.59. The van der Waals surface area contributed by atoms with E-state index >= 15 is 0 Å². The number of hydrogen-bond donors (Lipinski definition) is 1. The van der Waals surface area contributed by atoms with Crippen molar-refractivity contribution >= 4 is 11.9 Å². The van der Waals surface area contributed by atoms with E-state index in [0.717, 1.165) is 5.75 Å². The van der Waals surface area contributed by atoms with Crippen LogP contribution in [-0.4, -0.2) is 22.5 Å². The van der Waals surface area contributed by atoms with Gasteiger partial charge in [0, 0.05) is 12.3 Å². The average Bonchev–Trinajstić information content (AvgIpc) is 2.63. The van der Waals surface area contributed by atoms with Gasteiger partial charge in [-0.3, -0.25) is 14.4 Å². The molecule has 2 aromatic rings. The van der Waals surface area contributed by atoms with Crippen LogP contribution < -0.4 is 10.3 Å². The van der Waals surface area contributed by atoms with Crippen molar-refractivity contribution in [3.05, 3.63) is 51.3 Å². The largest absolute Gasteiger partial charge is 0.494 e. The Balaban J connectivity index is 2.52. The Labute approximate surface area is 153 Å². The molecule has 0 aliphatic carbocycles. The third-order valence-electron chi connectivity index (χ3n) is 4.31. The summed E-state index contributed by atoms with van der Waals surface area (Å²) in [5, 5.41) is 20.0. The monoisotopic (exact) mass is 353 g/mol. The van der Waals surface area contributed by atoms with Crippen molar-refractivity contribution in [3.8, 4) is 17.7 Å². The molecule has 0 aliphatic heterocycles. The fourth-order valence-corrected chi connectivity index (χ4v) is 2.62. The molecule has 26 heavy (non-hydrogen) atoms. The maximum Gasteiger partial charge on any atom is 0.271 e. The van der Waals surface area contributed by atoms with Crippen LogP contribution >= 0.6 is 0 Å². The molecule has 6 nitrogen and oxygen atoms in total. The number of hydrogen-bond acceptors (Lipinski definition) is 5. The minimum atomic E-state index is -0.477. The third kappa shape index (κ3) is 3.77. The molecule has 1 unspecified atom stereocenters. The summed E-state index contributed by atoms with van der Waals surface area (Å²) in [5.41, 5.74) is 1.01. The maximum absolute atomic E-state index is 12.5. The summed E-state index contributed by atoms with van der Waals surface area (Å²) < 4.78 is 6.65. The van der Waals surface area contributed by atoms with Gasteiger partial charge in [-0.1, -0.05) is 6.92 Å². The number of nitriles is 1. The molecular weight excluding hydrogens is 330 g/mol. The Bertz CT molecular complexity index is 906. The van der Waals surface area contributed by atoms with Gasteiger partial charge in [0.25, 0.3) is 5.56 Å². The van der Waals surface area contributed by atoms with E-state index in [0.29, 0.717) is 29.8 Å². The summed E-state index contributed by atoms with van der Waals surface area (Å²) in [5.74, 6) is 0.582. The number of ether oxygens (including phenoxy) is 1. The zero-order valence-electron chi connectivity index (χ0n) is 15.5. The second-order valence-corrected chi connectivity index (χ2v) is 5.97. The number of aromatic hydroxyl groups is 1. The first-order valence-electron chi connectivity index (χ1n) is 8.59. The summed E-state index contributed by atoms with van der Waals surface area (Å²) in [4.78, 5) is 16.9. The fraction of sp³-hybridized carbons (Fsp3) is 0.350. The van der Waals surface area contributed by atoms with E-state index in [1.165, 1.54) is 10.8 Å². The quantitative estimate of drug-likeness (QED) is 0.799. The number of benzene rings is 1. The summed E-state index contributed by atoms with van der Waals surface area (Å²) in [7, 11) is 0. The predicted molar refractivity (Wildman–Crippen MR) is 102 cm³/mol. The van der Waals surface area contributed by atoms with E-state index < -0.39 is 5.56 Å². The molecule has 0 radical (unpaired) electrons. The van der Waals surface area contributed by atoms with Gasteiger partial charge in [-0.15, -0.1) is 0 Å². The number of aliphatic imine (C=N–C) groups is 1. The molecule has 0 amide bonds. The van der Waals surface area contributed by atoms with Crippen LogP contribution in [0.25, 0.3) is 0 Å². The molecule has 1 aromatic carbocycles. The van der Waals surface area contributed by atoms with Crippen LogP contribution in [0.15, 0.2) is 34.1 Å². The van der Waals surface area contributed by atoms with Crippen LogP contribution in [0, 0.1) is 18.3 Å². The van der Waals surface area contributed by atoms with E-state index in [1.807, 2.05) is 39.0 Å². The zero-order valence-corrected chi connectivity index (χ0v) is 15.5. The molecule has 0 saturated heterocycles. The Hall–Kier alpha value is -3.07. The van der Waals surface area contributed by atoms with Gasteiger partial charge in [-0.25, -0.2) is 0 Å². The van der Waals surface area contributed by atoms with Crippen molar-refractivity contribution < 1.29 is 9.84 Å². The van der Waals surface area contributed by atoms with Gasteiger partial charge in [0.1, 0.15) is 17.4 Å². The summed E-state index contributed by atoms with van der Waals surface area (Å²) in [6.07, 6.45) is 2.14. The number of nitrogens with zero attached hydrogens (tertiary/aromatic N) is 3. The van der Waals surface area contributed by atoms with Gasteiger partial charge in [-0.05, 0) is 57.0 Å². The van der Waals surface area contributed by atoms with Crippen LogP contribution in [0.5, 0.6) is 11.6 Å². The average molecular weight is 353 g/mol. The van der Waals surface area contributed by atoms with Crippen LogP contribution in [0.2, 0.25) is 0 Å². The van der Waals surface area contributed by atoms with E-state index in [2.05, 4.69) is 4.99 Å². The van der Waals surface area contributed by atoms with Gasteiger partial charge in [0.2, 0.25) is 5.88 Å². The number of rotatable bonds is 6. The summed E-state index contributed by atoms with van der Waals surface area (Å²) in [6, 6.07) is 8.93. The van der Waals surface area contributed by atoms with Crippen molar-refractivity contribution in [2.45, 2.75) is 40.2 Å². The second-order valence-electron chi connectivity index (χ2n) is 5.97. The molecule has 6 heteroatoms. The van der Waals surface area contributed by atoms with Crippen LogP contribution in [0.3, 0.4) is 0 Å². The summed E-state index contributed by atoms with van der Waals surface area (Å²) >= 11 is 0. The van der Waals surface area contributed by atoms with Gasteiger partial charge < -0.3 is 9.84 Å². The molecule has 0 bridgehead atoms. The highest BCUT2D eigenvalue weighted by Gasteiger charge is 2.20. The molecule has 0 saturated carbocycles. The minimum absolute atomic E-state index is 0.0243. The lowest BCUT2D eigenvalue weighted by molar-refractivity contribution is 0.340. The molecule has 0 aliphatic rings. The van der Waals surface area contributed by atoms with Gasteiger partial charge in [0.05, 0.1) is 17.9 Å². The smallest absolute Gasteiger partial charge is 0.271 e. The highest BCUT2D eigenvalue weighted by molar-refractivity contribution is 5.87. The molecule has 136 valence electrons. The highest BCUT2D eigenvalue weighted by atomic mass is 16.5. The second kappa shape index (κ2) is 8.34. The normalized spacial score (nSPS) is 12.1. The molecule has 2 rings (SSSR count). The number of aromatic nitrogens is 1. The molecule has 1 atom stereocenters. The first kappa shape index (κ1) is 19.3. The van der Waals surface area contributed by atoms with Gasteiger partial charge >= 0.3 is 0 Å². The van der Waals surface area contributed by atoms with Gasteiger partial charge in [-0.2, -0.15) is 5.26 Å². The minimum Gasteiger partial charge on any atom is -0.494 e. The lowest BCUT2D eigenvalue weighted by atomic mass is 10.0. The van der Waals surface area contributed by atoms with Crippen molar-refractivity contribution in [1.29, 1.82) is 5.26 Å². The maximum atomic E-state index is 12.5. The SMILES string of the molecule is CCOc1ccc(N=Cc2c(C)c(C#N)c(=O)n(C(C)CC)c2O)cc1. The third-order valence-corrected chi connectivity index (χ3v) is 4.31. The molecule has 1 heterocycles. The van der Waals surface area contributed by atoms with E-state index in [9.17, 15) is 15.2 Å². The van der Waals surface area contributed by atoms with Gasteiger partial charge in [0.15, 0.2) is 0 Å². The molecule has 1 N–H and O–H groups in total. The van der Waals surface area contributed by atoms with Crippen molar-refractivity contribution in [1.82, 2.24) is 4.57 Å². The lowest BCUT2D eigenvalue weighted by Gasteiger charge is -2.18. The fourth-order valence-electron chi connectivity index (χ4n) is 2.62. The lowest BCUT2D eigenvalue weighted by Crippen LogP contribution is -2.27. The topological polar surface area (TPSA) is 87.6 Å². The first-order chi connectivity index (χ1) is 12.4.